The van der Waals surface area contributed by atoms with Crippen molar-refractivity contribution >= 4 is 27.4 Å². The number of anilines is 1. The van der Waals surface area contributed by atoms with Crippen LogP contribution in [0.1, 0.15) is 35.2 Å². The van der Waals surface area contributed by atoms with E-state index in [9.17, 15) is 18.0 Å². The van der Waals surface area contributed by atoms with Crippen LogP contribution >= 0.6 is 0 Å². The van der Waals surface area contributed by atoms with Crippen molar-refractivity contribution in [2.24, 2.45) is 5.92 Å². The number of hydrogen-bond donors (Lipinski definition) is 0. The third kappa shape index (κ3) is 3.10. The quantitative estimate of drug-likeness (QED) is 0.812. The Balaban J connectivity index is 1.80. The summed E-state index contributed by atoms with van der Waals surface area (Å²) in [6, 6.07) is 5.52. The molecule has 0 aliphatic carbocycles. The SMILES string of the molecule is Cc1cccc2c1N(C(=O)C1CCN(S(C)(=O)=O)CC1)CCC2=O. The van der Waals surface area contributed by atoms with Crippen LogP contribution in [0, 0.1) is 12.8 Å². The Morgan fingerprint density at radius 2 is 1.83 bits per heavy atom. The van der Waals surface area contributed by atoms with Gasteiger partial charge in [-0.15, -0.1) is 0 Å². The summed E-state index contributed by atoms with van der Waals surface area (Å²) in [5.41, 5.74) is 2.26. The van der Waals surface area contributed by atoms with E-state index in [4.69, 9.17) is 0 Å². The van der Waals surface area contributed by atoms with Crippen molar-refractivity contribution in [1.82, 2.24) is 4.31 Å². The molecule has 1 fully saturated rings. The van der Waals surface area contributed by atoms with Crippen LogP contribution in [0.4, 0.5) is 5.69 Å². The molecule has 2 aliphatic rings. The maximum absolute atomic E-state index is 13.0. The van der Waals surface area contributed by atoms with Gasteiger partial charge in [-0.05, 0) is 31.4 Å². The minimum absolute atomic E-state index is 0.00574. The molecule has 130 valence electrons. The Morgan fingerprint density at radius 3 is 2.46 bits per heavy atom. The zero-order valence-corrected chi connectivity index (χ0v) is 14.8. The van der Waals surface area contributed by atoms with Gasteiger partial charge in [-0.1, -0.05) is 12.1 Å². The van der Waals surface area contributed by atoms with Crippen molar-refractivity contribution in [1.29, 1.82) is 0 Å². The lowest BCUT2D eigenvalue weighted by Gasteiger charge is -2.36. The highest BCUT2D eigenvalue weighted by Crippen LogP contribution is 2.33. The molecule has 2 aliphatic heterocycles. The highest BCUT2D eigenvalue weighted by molar-refractivity contribution is 7.88. The number of para-hydroxylation sites is 1. The maximum Gasteiger partial charge on any atom is 0.230 e. The smallest absolute Gasteiger partial charge is 0.230 e. The number of nitrogens with zero attached hydrogens (tertiary/aromatic N) is 2. The lowest BCUT2D eigenvalue weighted by molar-refractivity contribution is -0.123. The van der Waals surface area contributed by atoms with Crippen LogP contribution in [0.3, 0.4) is 0 Å². The summed E-state index contributed by atoms with van der Waals surface area (Å²) in [6.45, 7) is 3.07. The second-order valence-electron chi connectivity index (χ2n) is 6.57. The van der Waals surface area contributed by atoms with Gasteiger partial charge in [0.25, 0.3) is 0 Å². The van der Waals surface area contributed by atoms with E-state index in [2.05, 4.69) is 0 Å². The summed E-state index contributed by atoms with van der Waals surface area (Å²) in [4.78, 5) is 26.8. The molecule has 3 rings (SSSR count). The molecule has 1 aromatic rings. The first kappa shape index (κ1) is 17.1. The zero-order chi connectivity index (χ0) is 17.5. The summed E-state index contributed by atoms with van der Waals surface area (Å²) in [7, 11) is -3.20. The summed E-state index contributed by atoms with van der Waals surface area (Å²) < 4.78 is 24.6. The van der Waals surface area contributed by atoms with Crippen LogP contribution in [0.25, 0.3) is 0 Å². The molecule has 7 heteroatoms. The molecule has 0 spiro atoms. The van der Waals surface area contributed by atoms with Gasteiger partial charge in [0.15, 0.2) is 5.78 Å². The second kappa shape index (κ2) is 6.29. The molecule has 0 bridgehead atoms. The summed E-state index contributed by atoms with van der Waals surface area (Å²) in [5.74, 6) is -0.112. The lowest BCUT2D eigenvalue weighted by Crippen LogP contribution is -2.46. The van der Waals surface area contributed by atoms with E-state index >= 15 is 0 Å². The molecule has 0 atom stereocenters. The van der Waals surface area contributed by atoms with Crippen molar-refractivity contribution in [3.05, 3.63) is 29.3 Å². The monoisotopic (exact) mass is 350 g/mol. The topological polar surface area (TPSA) is 74.8 Å². The average Bonchev–Trinajstić information content (AvgIpc) is 2.55. The Hall–Kier alpha value is -1.73. The fraction of sp³-hybridized carbons (Fsp3) is 0.529. The number of benzene rings is 1. The van der Waals surface area contributed by atoms with Gasteiger partial charge in [-0.25, -0.2) is 12.7 Å². The molecule has 24 heavy (non-hydrogen) atoms. The number of amides is 1. The van der Waals surface area contributed by atoms with Gasteiger partial charge in [0, 0.05) is 37.5 Å². The number of hydrogen-bond acceptors (Lipinski definition) is 4. The van der Waals surface area contributed by atoms with Crippen molar-refractivity contribution in [2.75, 3.05) is 30.8 Å². The Morgan fingerprint density at radius 1 is 1.17 bits per heavy atom. The van der Waals surface area contributed by atoms with Crippen molar-refractivity contribution < 1.29 is 18.0 Å². The minimum atomic E-state index is -3.20. The molecular weight excluding hydrogens is 328 g/mol. The van der Waals surface area contributed by atoms with Crippen LogP contribution in [-0.2, 0) is 14.8 Å². The molecule has 0 saturated carbocycles. The van der Waals surface area contributed by atoms with Crippen LogP contribution in [0.2, 0.25) is 0 Å². The first-order valence-electron chi connectivity index (χ1n) is 8.18. The van der Waals surface area contributed by atoms with Gasteiger partial charge >= 0.3 is 0 Å². The molecule has 6 nitrogen and oxygen atoms in total. The standard InChI is InChI=1S/C17H22N2O4S/c1-12-4-3-5-14-15(20)8-11-19(16(12)14)17(21)13-6-9-18(10-7-13)24(2,22)23/h3-5,13H,6-11H2,1-2H3. The number of ketones is 1. The molecule has 0 radical (unpaired) electrons. The maximum atomic E-state index is 13.0. The molecular formula is C17H22N2O4S. The van der Waals surface area contributed by atoms with Crippen LogP contribution < -0.4 is 4.90 Å². The van der Waals surface area contributed by atoms with E-state index < -0.39 is 10.0 Å². The molecule has 0 N–H and O–H groups in total. The van der Waals surface area contributed by atoms with Gasteiger partial charge in [-0.2, -0.15) is 0 Å². The molecule has 1 saturated heterocycles. The molecule has 2 heterocycles. The normalized spacial score (nSPS) is 20.1. The third-order valence-corrected chi connectivity index (χ3v) is 6.21. The van der Waals surface area contributed by atoms with Crippen molar-refractivity contribution in [2.45, 2.75) is 26.2 Å². The predicted molar refractivity (Wildman–Crippen MR) is 91.6 cm³/mol. The first-order valence-corrected chi connectivity index (χ1v) is 10.0. The van der Waals surface area contributed by atoms with Gasteiger partial charge in [-0.3, -0.25) is 9.59 Å². The van der Waals surface area contributed by atoms with Gasteiger partial charge in [0.05, 0.1) is 11.9 Å². The molecule has 0 unspecified atom stereocenters. The van der Waals surface area contributed by atoms with Crippen LogP contribution in [0.5, 0.6) is 0 Å². The largest absolute Gasteiger partial charge is 0.311 e. The zero-order valence-electron chi connectivity index (χ0n) is 14.0. The summed E-state index contributed by atoms with van der Waals surface area (Å²) >= 11 is 0. The molecule has 0 aromatic heterocycles. The van der Waals surface area contributed by atoms with E-state index in [1.807, 2.05) is 19.1 Å². The Labute approximate surface area is 142 Å². The van der Waals surface area contributed by atoms with E-state index in [-0.39, 0.29) is 17.6 Å². The number of piperidine rings is 1. The Bertz CT molecular complexity index is 780. The number of fused-ring (bicyclic) bond motifs is 1. The van der Waals surface area contributed by atoms with E-state index in [0.717, 1.165) is 11.3 Å². The fourth-order valence-corrected chi connectivity index (χ4v) is 4.45. The lowest BCUT2D eigenvalue weighted by atomic mass is 9.92. The molecule has 1 amide bonds. The van der Waals surface area contributed by atoms with E-state index in [0.29, 0.717) is 44.5 Å². The first-order chi connectivity index (χ1) is 11.3. The summed E-state index contributed by atoms with van der Waals surface area (Å²) in [5, 5.41) is 0. The summed E-state index contributed by atoms with van der Waals surface area (Å²) in [6.07, 6.45) is 2.59. The Kier molecular flexibility index (Phi) is 4.48. The average molecular weight is 350 g/mol. The highest BCUT2D eigenvalue weighted by Gasteiger charge is 2.35. The van der Waals surface area contributed by atoms with Crippen molar-refractivity contribution in [3.8, 4) is 0 Å². The van der Waals surface area contributed by atoms with Crippen LogP contribution in [0.15, 0.2) is 18.2 Å². The van der Waals surface area contributed by atoms with Crippen molar-refractivity contribution in [3.63, 3.8) is 0 Å². The number of Topliss-reactive ketones (excluding diaryl/α,β-unsaturated/α-hetero) is 1. The van der Waals surface area contributed by atoms with E-state index in [1.165, 1.54) is 10.6 Å². The number of carbonyl (C=O) groups excluding carboxylic acids is 2. The van der Waals surface area contributed by atoms with Gasteiger partial charge in [0.2, 0.25) is 15.9 Å². The predicted octanol–water partition coefficient (Wildman–Crippen LogP) is 1.59. The fourth-order valence-electron chi connectivity index (χ4n) is 3.58. The second-order valence-corrected chi connectivity index (χ2v) is 8.55. The third-order valence-electron chi connectivity index (χ3n) is 4.91. The van der Waals surface area contributed by atoms with Gasteiger partial charge < -0.3 is 4.90 Å². The number of rotatable bonds is 2. The minimum Gasteiger partial charge on any atom is -0.311 e. The van der Waals surface area contributed by atoms with Gasteiger partial charge in [0.1, 0.15) is 0 Å². The van der Waals surface area contributed by atoms with E-state index in [1.54, 1.807) is 11.0 Å². The number of aryl methyl sites for hydroxylation is 1. The molecule has 1 aromatic carbocycles. The number of sulfonamides is 1. The van der Waals surface area contributed by atoms with Crippen LogP contribution in [-0.4, -0.2) is 50.3 Å². The highest BCUT2D eigenvalue weighted by atomic mass is 32.2. The number of carbonyl (C=O) groups is 2.